The van der Waals surface area contributed by atoms with Crippen LogP contribution < -0.4 is 10.7 Å². The van der Waals surface area contributed by atoms with Gasteiger partial charge in [0.15, 0.2) is 0 Å². The van der Waals surface area contributed by atoms with Gasteiger partial charge in [-0.2, -0.15) is 0 Å². The predicted octanol–water partition coefficient (Wildman–Crippen LogP) is 1.70. The summed E-state index contributed by atoms with van der Waals surface area (Å²) < 4.78 is 0. The molecule has 0 unspecified atom stereocenters. The second kappa shape index (κ2) is 7.71. The number of hydrogen-bond acceptors (Lipinski definition) is 8. The zero-order valence-corrected chi connectivity index (χ0v) is 14.1. The van der Waals surface area contributed by atoms with Gasteiger partial charge in [0.05, 0.1) is 4.92 Å². The van der Waals surface area contributed by atoms with Gasteiger partial charge in [-0.15, -0.1) is 0 Å². The third kappa shape index (κ3) is 4.09. The number of hydrazine groups is 1. The summed E-state index contributed by atoms with van der Waals surface area (Å²) in [7, 11) is 2.07. The fourth-order valence-corrected chi connectivity index (χ4v) is 3.25. The van der Waals surface area contributed by atoms with Gasteiger partial charge >= 0.3 is 5.69 Å². The first kappa shape index (κ1) is 16.8. The quantitative estimate of drug-likeness (QED) is 0.619. The minimum atomic E-state index is -0.399. The highest BCUT2D eigenvalue weighted by Gasteiger charge is 2.27. The van der Waals surface area contributed by atoms with Gasteiger partial charge in [0.25, 0.3) is 0 Å². The van der Waals surface area contributed by atoms with Gasteiger partial charge in [0.2, 0.25) is 11.6 Å². The Morgan fingerprint density at radius 2 is 1.79 bits per heavy atom. The molecule has 0 aromatic carbocycles. The molecule has 2 aliphatic rings. The summed E-state index contributed by atoms with van der Waals surface area (Å²) in [5.74, 6) is 0.580. The number of hydrogen-bond donors (Lipinski definition) is 2. The molecule has 0 atom stereocenters. The summed E-state index contributed by atoms with van der Waals surface area (Å²) in [6.45, 7) is 3.42. The molecule has 0 amide bonds. The molecule has 24 heavy (non-hydrogen) atoms. The van der Waals surface area contributed by atoms with E-state index in [9.17, 15) is 10.1 Å². The molecule has 1 aromatic rings. The Balaban J connectivity index is 1.75. The van der Waals surface area contributed by atoms with Gasteiger partial charge in [-0.1, -0.05) is 19.3 Å². The lowest BCUT2D eigenvalue weighted by Gasteiger charge is -2.32. The Morgan fingerprint density at radius 1 is 1.12 bits per heavy atom. The van der Waals surface area contributed by atoms with E-state index in [0.717, 1.165) is 51.9 Å². The average Bonchev–Trinajstić information content (AvgIpc) is 2.58. The van der Waals surface area contributed by atoms with Gasteiger partial charge in [-0.25, -0.2) is 15.0 Å². The number of nitrogens with zero attached hydrogens (tertiary/aromatic N) is 5. The number of anilines is 2. The molecule has 1 aromatic heterocycles. The molecule has 9 heteroatoms. The summed E-state index contributed by atoms with van der Waals surface area (Å²) in [4.78, 5) is 21.7. The third-order valence-electron chi connectivity index (χ3n) is 4.72. The van der Waals surface area contributed by atoms with Gasteiger partial charge in [-0.3, -0.25) is 15.5 Å². The Morgan fingerprint density at radius 3 is 2.46 bits per heavy atom. The monoisotopic (exact) mass is 335 g/mol. The molecule has 0 radical (unpaired) electrons. The predicted molar refractivity (Wildman–Crippen MR) is 91.9 cm³/mol. The lowest BCUT2D eigenvalue weighted by Crippen LogP contribution is -2.47. The zero-order valence-electron chi connectivity index (χ0n) is 14.1. The van der Waals surface area contributed by atoms with Crippen LogP contribution in [0.15, 0.2) is 6.33 Å². The van der Waals surface area contributed by atoms with Crippen LogP contribution in [0.4, 0.5) is 17.3 Å². The second-order valence-corrected chi connectivity index (χ2v) is 6.56. The van der Waals surface area contributed by atoms with E-state index >= 15 is 0 Å². The summed E-state index contributed by atoms with van der Waals surface area (Å²) in [6.07, 6.45) is 6.99. The number of aromatic nitrogens is 2. The van der Waals surface area contributed by atoms with E-state index in [1.54, 1.807) is 0 Å². The van der Waals surface area contributed by atoms with Crippen molar-refractivity contribution in [3.63, 3.8) is 0 Å². The smallest absolute Gasteiger partial charge is 0.354 e. The molecule has 2 heterocycles. The van der Waals surface area contributed by atoms with Crippen molar-refractivity contribution in [2.75, 3.05) is 44.0 Å². The second-order valence-electron chi connectivity index (χ2n) is 6.56. The van der Waals surface area contributed by atoms with Gasteiger partial charge in [-0.05, 0) is 19.9 Å². The summed E-state index contributed by atoms with van der Waals surface area (Å²) in [5.41, 5.74) is 3.04. The highest BCUT2D eigenvalue weighted by molar-refractivity contribution is 5.69. The van der Waals surface area contributed by atoms with Crippen LogP contribution in [0, 0.1) is 10.1 Å². The largest absolute Gasteiger partial charge is 0.361 e. The first-order valence-corrected chi connectivity index (χ1v) is 8.59. The van der Waals surface area contributed by atoms with Crippen molar-refractivity contribution in [1.29, 1.82) is 0 Å². The zero-order chi connectivity index (χ0) is 16.9. The summed E-state index contributed by atoms with van der Waals surface area (Å²) in [5, 5.41) is 16.8. The molecule has 1 saturated carbocycles. The Hall–Kier alpha value is -2.00. The fraction of sp³-hybridized carbons (Fsp3) is 0.733. The molecule has 0 spiro atoms. The summed E-state index contributed by atoms with van der Waals surface area (Å²) in [6, 6.07) is 0.254. The maximum absolute atomic E-state index is 11.6. The molecule has 3 rings (SSSR count). The SMILES string of the molecule is CN1CCN(Nc2ncnc(NC3CCCCC3)c2[N+](=O)[O-])CC1. The van der Waals surface area contributed by atoms with Crippen LogP contribution in [0.5, 0.6) is 0 Å². The van der Waals surface area contributed by atoms with E-state index in [2.05, 4.69) is 32.7 Å². The van der Waals surface area contributed by atoms with Crippen molar-refractivity contribution >= 4 is 17.3 Å². The Bertz CT molecular complexity index is 569. The van der Waals surface area contributed by atoms with E-state index in [1.165, 1.54) is 12.7 Å². The van der Waals surface area contributed by atoms with Crippen LogP contribution in [-0.4, -0.2) is 64.1 Å². The Kier molecular flexibility index (Phi) is 5.41. The number of nitro groups is 1. The fourth-order valence-electron chi connectivity index (χ4n) is 3.25. The molecule has 132 valence electrons. The first-order valence-electron chi connectivity index (χ1n) is 8.59. The maximum atomic E-state index is 11.6. The van der Waals surface area contributed by atoms with Gasteiger partial charge < -0.3 is 10.2 Å². The standard InChI is InChI=1S/C15H25N7O2/c1-20-7-9-21(10-8-20)19-15-13(22(23)24)14(16-11-17-15)18-12-5-3-2-4-6-12/h11-12H,2-10H2,1H3,(H2,16,17,18,19). The van der Waals surface area contributed by atoms with Crippen LogP contribution in [0.25, 0.3) is 0 Å². The van der Waals surface area contributed by atoms with E-state index in [1.807, 2.05) is 5.01 Å². The van der Waals surface area contributed by atoms with Crippen LogP contribution >= 0.6 is 0 Å². The molecule has 2 fully saturated rings. The minimum absolute atomic E-state index is 0.0676. The lowest BCUT2D eigenvalue weighted by molar-refractivity contribution is -0.383. The number of piperazine rings is 1. The highest BCUT2D eigenvalue weighted by Crippen LogP contribution is 2.31. The van der Waals surface area contributed by atoms with Gasteiger partial charge in [0, 0.05) is 32.2 Å². The van der Waals surface area contributed by atoms with Crippen LogP contribution in [0.1, 0.15) is 32.1 Å². The van der Waals surface area contributed by atoms with E-state index < -0.39 is 4.92 Å². The summed E-state index contributed by atoms with van der Waals surface area (Å²) >= 11 is 0. The minimum Gasteiger partial charge on any atom is -0.361 e. The maximum Gasteiger partial charge on any atom is 0.354 e. The first-order chi connectivity index (χ1) is 11.6. The van der Waals surface area contributed by atoms with E-state index in [0.29, 0.717) is 5.82 Å². The van der Waals surface area contributed by atoms with Crippen LogP contribution in [0.3, 0.4) is 0 Å². The normalized spacial score (nSPS) is 20.7. The van der Waals surface area contributed by atoms with Gasteiger partial charge in [0.1, 0.15) is 6.33 Å². The number of nitrogens with one attached hydrogen (secondary N) is 2. The van der Waals surface area contributed by atoms with Crippen molar-refractivity contribution < 1.29 is 4.92 Å². The molecule has 2 N–H and O–H groups in total. The highest BCUT2D eigenvalue weighted by atomic mass is 16.6. The molecule has 0 bridgehead atoms. The molecule has 9 nitrogen and oxygen atoms in total. The van der Waals surface area contributed by atoms with Crippen molar-refractivity contribution in [3.8, 4) is 0 Å². The van der Waals surface area contributed by atoms with Crippen LogP contribution in [-0.2, 0) is 0 Å². The van der Waals surface area contributed by atoms with Crippen molar-refractivity contribution in [3.05, 3.63) is 16.4 Å². The Labute approximate surface area is 141 Å². The molecule has 1 aliphatic heterocycles. The van der Waals surface area contributed by atoms with Crippen molar-refractivity contribution in [2.45, 2.75) is 38.1 Å². The number of likely N-dealkylation sites (N-methyl/N-ethyl adjacent to an activating group) is 1. The number of rotatable bonds is 5. The molecular formula is C15H25N7O2. The van der Waals surface area contributed by atoms with Crippen molar-refractivity contribution in [2.24, 2.45) is 0 Å². The lowest BCUT2D eigenvalue weighted by atomic mass is 9.95. The molecular weight excluding hydrogens is 310 g/mol. The molecule has 1 saturated heterocycles. The van der Waals surface area contributed by atoms with E-state index in [-0.39, 0.29) is 17.5 Å². The van der Waals surface area contributed by atoms with Crippen molar-refractivity contribution in [1.82, 2.24) is 19.9 Å². The topological polar surface area (TPSA) is 99.5 Å². The molecule has 1 aliphatic carbocycles. The third-order valence-corrected chi connectivity index (χ3v) is 4.72. The van der Waals surface area contributed by atoms with E-state index in [4.69, 9.17) is 0 Å². The van der Waals surface area contributed by atoms with Crippen LogP contribution in [0.2, 0.25) is 0 Å². The average molecular weight is 335 g/mol.